The van der Waals surface area contributed by atoms with E-state index in [4.69, 9.17) is 0 Å². The summed E-state index contributed by atoms with van der Waals surface area (Å²) in [6, 6.07) is 14.4. The Morgan fingerprint density at radius 2 is 1.88 bits per heavy atom. The molecule has 2 aromatic rings. The molecule has 1 amide bonds. The molecule has 0 aliphatic carbocycles. The fourth-order valence-corrected chi connectivity index (χ4v) is 2.68. The van der Waals surface area contributed by atoms with Gasteiger partial charge in [0.05, 0.1) is 10.5 Å². The second-order valence-corrected chi connectivity index (χ2v) is 6.25. The highest BCUT2D eigenvalue weighted by Gasteiger charge is 2.18. The number of carbonyl (C=O) groups excluding carboxylic acids is 1. The van der Waals surface area contributed by atoms with Crippen molar-refractivity contribution >= 4 is 17.3 Å². The molecule has 0 fully saturated rings. The standard InChI is InChI=1S/C19H24N4O3/c1-20-18-10-9-15(23(25)26)12-17(18)19(24)21-13-16(22(2)3)11-14-7-5-4-6-8-14/h4-10,12,16,20H,11,13H2,1-3H3,(H,21,24). The van der Waals surface area contributed by atoms with Crippen LogP contribution in [-0.2, 0) is 6.42 Å². The number of hydrogen-bond acceptors (Lipinski definition) is 5. The normalized spacial score (nSPS) is 11.8. The van der Waals surface area contributed by atoms with E-state index in [0.29, 0.717) is 12.2 Å². The van der Waals surface area contributed by atoms with Crippen LogP contribution in [0, 0.1) is 10.1 Å². The van der Waals surface area contributed by atoms with Crippen LogP contribution in [0.1, 0.15) is 15.9 Å². The maximum Gasteiger partial charge on any atom is 0.270 e. The highest BCUT2D eigenvalue weighted by molar-refractivity contribution is 6.00. The number of anilines is 1. The van der Waals surface area contributed by atoms with E-state index in [1.54, 1.807) is 13.1 Å². The zero-order valence-electron chi connectivity index (χ0n) is 15.2. The van der Waals surface area contributed by atoms with Gasteiger partial charge in [-0.2, -0.15) is 0 Å². The Kier molecular flexibility index (Phi) is 6.68. The summed E-state index contributed by atoms with van der Waals surface area (Å²) in [7, 11) is 5.61. The second kappa shape index (κ2) is 8.96. The van der Waals surface area contributed by atoms with Crippen molar-refractivity contribution in [1.82, 2.24) is 10.2 Å². The highest BCUT2D eigenvalue weighted by Crippen LogP contribution is 2.21. The van der Waals surface area contributed by atoms with Gasteiger partial charge < -0.3 is 15.5 Å². The zero-order valence-corrected chi connectivity index (χ0v) is 15.2. The molecule has 138 valence electrons. The number of hydrogen-bond donors (Lipinski definition) is 2. The lowest BCUT2D eigenvalue weighted by atomic mass is 10.0. The number of nitro benzene ring substituents is 1. The van der Waals surface area contributed by atoms with Crippen molar-refractivity contribution in [2.75, 3.05) is 33.0 Å². The summed E-state index contributed by atoms with van der Waals surface area (Å²) in [5.74, 6) is -0.335. The summed E-state index contributed by atoms with van der Waals surface area (Å²) in [5.41, 5.74) is 1.89. The van der Waals surface area contributed by atoms with Crippen LogP contribution >= 0.6 is 0 Å². The third-order valence-electron chi connectivity index (χ3n) is 4.27. The topological polar surface area (TPSA) is 87.5 Å². The first-order valence-electron chi connectivity index (χ1n) is 8.37. The predicted molar refractivity (Wildman–Crippen MR) is 103 cm³/mol. The molecule has 0 heterocycles. The van der Waals surface area contributed by atoms with Crippen molar-refractivity contribution in [3.63, 3.8) is 0 Å². The summed E-state index contributed by atoms with van der Waals surface area (Å²) in [6.45, 7) is 0.437. The number of likely N-dealkylation sites (N-methyl/N-ethyl adjacent to an activating group) is 1. The monoisotopic (exact) mass is 356 g/mol. The highest BCUT2D eigenvalue weighted by atomic mass is 16.6. The van der Waals surface area contributed by atoms with E-state index in [1.165, 1.54) is 17.7 Å². The zero-order chi connectivity index (χ0) is 19.1. The van der Waals surface area contributed by atoms with Gasteiger partial charge >= 0.3 is 0 Å². The third-order valence-corrected chi connectivity index (χ3v) is 4.27. The maximum atomic E-state index is 12.6. The molecule has 0 aromatic heterocycles. The van der Waals surface area contributed by atoms with Crippen LogP contribution in [0.15, 0.2) is 48.5 Å². The Morgan fingerprint density at radius 3 is 2.46 bits per heavy atom. The number of benzene rings is 2. The molecule has 26 heavy (non-hydrogen) atoms. The molecular weight excluding hydrogens is 332 g/mol. The molecular formula is C19H24N4O3. The number of nitrogens with zero attached hydrogens (tertiary/aromatic N) is 2. The summed E-state index contributed by atoms with van der Waals surface area (Å²) < 4.78 is 0. The first-order chi connectivity index (χ1) is 12.4. The van der Waals surface area contributed by atoms with Crippen LogP contribution in [0.2, 0.25) is 0 Å². The molecule has 0 bridgehead atoms. The second-order valence-electron chi connectivity index (χ2n) is 6.25. The Bertz CT molecular complexity index is 763. The van der Waals surface area contributed by atoms with Crippen molar-refractivity contribution in [2.24, 2.45) is 0 Å². The number of nitrogens with one attached hydrogen (secondary N) is 2. The van der Waals surface area contributed by atoms with E-state index in [-0.39, 0.29) is 23.2 Å². The molecule has 2 N–H and O–H groups in total. The van der Waals surface area contributed by atoms with Gasteiger partial charge in [-0.25, -0.2) is 0 Å². The fraction of sp³-hybridized carbons (Fsp3) is 0.316. The molecule has 7 nitrogen and oxygen atoms in total. The average Bonchev–Trinajstić information content (AvgIpc) is 2.64. The molecule has 0 aliphatic heterocycles. The molecule has 0 radical (unpaired) electrons. The van der Waals surface area contributed by atoms with Gasteiger partial charge in [0.15, 0.2) is 0 Å². The lowest BCUT2D eigenvalue weighted by Gasteiger charge is -2.25. The number of nitro groups is 1. The predicted octanol–water partition coefficient (Wildman–Crippen LogP) is 2.54. The van der Waals surface area contributed by atoms with Gasteiger partial charge in [-0.3, -0.25) is 14.9 Å². The number of amides is 1. The van der Waals surface area contributed by atoms with Gasteiger partial charge in [-0.1, -0.05) is 30.3 Å². The van der Waals surface area contributed by atoms with E-state index in [2.05, 4.69) is 27.7 Å². The smallest absolute Gasteiger partial charge is 0.270 e. The van der Waals surface area contributed by atoms with Crippen molar-refractivity contribution in [3.8, 4) is 0 Å². The van der Waals surface area contributed by atoms with Crippen LogP contribution in [-0.4, -0.2) is 49.5 Å². The molecule has 0 spiro atoms. The Balaban J connectivity index is 2.10. The van der Waals surface area contributed by atoms with Crippen LogP contribution in [0.5, 0.6) is 0 Å². The summed E-state index contributed by atoms with van der Waals surface area (Å²) in [4.78, 5) is 25.1. The van der Waals surface area contributed by atoms with E-state index in [9.17, 15) is 14.9 Å². The minimum Gasteiger partial charge on any atom is -0.387 e. The fourth-order valence-electron chi connectivity index (χ4n) is 2.68. The number of non-ortho nitro benzene ring substituents is 1. The maximum absolute atomic E-state index is 12.6. The van der Waals surface area contributed by atoms with Gasteiger partial charge in [-0.15, -0.1) is 0 Å². The van der Waals surface area contributed by atoms with Crippen LogP contribution < -0.4 is 10.6 Å². The van der Waals surface area contributed by atoms with Crippen molar-refractivity contribution in [3.05, 3.63) is 69.8 Å². The van der Waals surface area contributed by atoms with Gasteiger partial charge in [-0.05, 0) is 32.1 Å². The first-order valence-corrected chi connectivity index (χ1v) is 8.37. The van der Waals surface area contributed by atoms with E-state index < -0.39 is 4.92 Å². The number of rotatable bonds is 8. The average molecular weight is 356 g/mol. The van der Waals surface area contributed by atoms with Crippen molar-refractivity contribution in [2.45, 2.75) is 12.5 Å². The third kappa shape index (κ3) is 5.03. The molecule has 1 unspecified atom stereocenters. The molecule has 1 atom stereocenters. The van der Waals surface area contributed by atoms with Crippen molar-refractivity contribution in [1.29, 1.82) is 0 Å². The molecule has 0 saturated carbocycles. The largest absolute Gasteiger partial charge is 0.387 e. The lowest BCUT2D eigenvalue weighted by Crippen LogP contribution is -2.41. The number of carbonyl (C=O) groups is 1. The SMILES string of the molecule is CNc1ccc([N+](=O)[O-])cc1C(=O)NCC(Cc1ccccc1)N(C)C. The van der Waals surface area contributed by atoms with E-state index in [1.807, 2.05) is 32.3 Å². The minimum absolute atomic E-state index is 0.109. The summed E-state index contributed by atoms with van der Waals surface area (Å²) in [6.07, 6.45) is 0.794. The van der Waals surface area contributed by atoms with Crippen LogP contribution in [0.25, 0.3) is 0 Å². The Hall–Kier alpha value is -2.93. The van der Waals surface area contributed by atoms with Gasteiger partial charge in [0.2, 0.25) is 0 Å². The van der Waals surface area contributed by atoms with Gasteiger partial charge in [0.1, 0.15) is 0 Å². The minimum atomic E-state index is -0.506. The molecule has 7 heteroatoms. The van der Waals surface area contributed by atoms with Crippen LogP contribution in [0.4, 0.5) is 11.4 Å². The Morgan fingerprint density at radius 1 is 1.19 bits per heavy atom. The lowest BCUT2D eigenvalue weighted by molar-refractivity contribution is -0.384. The van der Waals surface area contributed by atoms with Gasteiger partial charge in [0.25, 0.3) is 11.6 Å². The summed E-state index contributed by atoms with van der Waals surface area (Å²) in [5, 5.41) is 16.8. The molecule has 2 rings (SSSR count). The Labute approximate surface area is 153 Å². The van der Waals surface area contributed by atoms with Crippen molar-refractivity contribution < 1.29 is 9.72 Å². The quantitative estimate of drug-likeness (QED) is 0.561. The van der Waals surface area contributed by atoms with E-state index in [0.717, 1.165) is 6.42 Å². The summed E-state index contributed by atoms with van der Waals surface area (Å²) >= 11 is 0. The molecule has 0 saturated heterocycles. The van der Waals surface area contributed by atoms with Crippen LogP contribution in [0.3, 0.4) is 0 Å². The van der Waals surface area contributed by atoms with Gasteiger partial charge in [0, 0.05) is 37.5 Å². The first kappa shape index (κ1) is 19.4. The van der Waals surface area contributed by atoms with E-state index >= 15 is 0 Å². The molecule has 0 aliphatic rings. The molecule has 2 aromatic carbocycles.